The Balaban J connectivity index is 1.87. The summed E-state index contributed by atoms with van der Waals surface area (Å²) in [5, 5.41) is 10.1. The molecule has 0 bridgehead atoms. The first-order valence-electron chi connectivity index (χ1n) is 7.46. The van der Waals surface area contributed by atoms with E-state index in [1.54, 1.807) is 0 Å². The van der Waals surface area contributed by atoms with Gasteiger partial charge < -0.3 is 14.9 Å². The van der Waals surface area contributed by atoms with Gasteiger partial charge in [-0.2, -0.15) is 0 Å². The van der Waals surface area contributed by atoms with Gasteiger partial charge in [0.05, 0.1) is 6.10 Å². The minimum absolute atomic E-state index is 0.0467. The highest BCUT2D eigenvalue weighted by molar-refractivity contribution is 5.21. The molecule has 5 heteroatoms. The molecule has 0 radical (unpaired) electrons. The SMILES string of the molecule is CN(C)CC1CCN(CC(O)c2cccc(F)c2F)CC1. The van der Waals surface area contributed by atoms with E-state index in [1.807, 2.05) is 0 Å². The Bertz CT molecular complexity index is 460. The molecule has 0 aliphatic carbocycles. The van der Waals surface area contributed by atoms with Gasteiger partial charge in [0, 0.05) is 18.7 Å². The normalized spacial score (nSPS) is 19.1. The fourth-order valence-corrected chi connectivity index (χ4v) is 2.99. The smallest absolute Gasteiger partial charge is 0.164 e. The number of hydrogen-bond donors (Lipinski definition) is 1. The Morgan fingerprint density at radius 3 is 2.57 bits per heavy atom. The number of β-amino-alcohol motifs (C(OH)–C–C–N with tert-alkyl or cyclic N) is 1. The molecule has 1 heterocycles. The number of nitrogens with zero attached hydrogens (tertiary/aromatic N) is 2. The highest BCUT2D eigenvalue weighted by Crippen LogP contribution is 2.23. The highest BCUT2D eigenvalue weighted by Gasteiger charge is 2.23. The summed E-state index contributed by atoms with van der Waals surface area (Å²) in [5.41, 5.74) is 0.0467. The summed E-state index contributed by atoms with van der Waals surface area (Å²) in [6, 6.07) is 3.94. The first-order valence-corrected chi connectivity index (χ1v) is 7.46. The first kappa shape index (κ1) is 16.3. The molecule has 1 fully saturated rings. The van der Waals surface area contributed by atoms with Crippen LogP contribution < -0.4 is 0 Å². The summed E-state index contributed by atoms with van der Waals surface area (Å²) < 4.78 is 26.8. The van der Waals surface area contributed by atoms with Gasteiger partial charge in [0.15, 0.2) is 11.6 Å². The Morgan fingerprint density at radius 2 is 1.95 bits per heavy atom. The lowest BCUT2D eigenvalue weighted by atomic mass is 9.96. The molecule has 0 spiro atoms. The van der Waals surface area contributed by atoms with Gasteiger partial charge in [-0.1, -0.05) is 12.1 Å². The van der Waals surface area contributed by atoms with Crippen LogP contribution in [0.4, 0.5) is 8.78 Å². The molecular weight excluding hydrogens is 274 g/mol. The fourth-order valence-electron chi connectivity index (χ4n) is 2.99. The van der Waals surface area contributed by atoms with Gasteiger partial charge in [-0.05, 0) is 52.0 Å². The maximum absolute atomic E-state index is 13.7. The van der Waals surface area contributed by atoms with Crippen LogP contribution in [0.25, 0.3) is 0 Å². The molecule has 1 aliphatic rings. The van der Waals surface area contributed by atoms with E-state index in [0.717, 1.165) is 38.5 Å². The Morgan fingerprint density at radius 1 is 1.29 bits per heavy atom. The summed E-state index contributed by atoms with van der Waals surface area (Å²) in [7, 11) is 4.14. The van der Waals surface area contributed by atoms with Gasteiger partial charge in [-0.15, -0.1) is 0 Å². The van der Waals surface area contributed by atoms with Crippen molar-refractivity contribution in [3.05, 3.63) is 35.4 Å². The van der Waals surface area contributed by atoms with Crippen molar-refractivity contribution in [2.75, 3.05) is 40.3 Å². The van der Waals surface area contributed by atoms with E-state index in [0.29, 0.717) is 12.5 Å². The van der Waals surface area contributed by atoms with Crippen molar-refractivity contribution in [3.63, 3.8) is 0 Å². The Kier molecular flexibility index (Phi) is 5.67. The Labute approximate surface area is 125 Å². The van der Waals surface area contributed by atoms with Crippen LogP contribution in [0.1, 0.15) is 24.5 Å². The molecule has 1 aromatic carbocycles. The molecular formula is C16H24F2N2O. The second-order valence-electron chi connectivity index (χ2n) is 6.17. The van der Waals surface area contributed by atoms with E-state index in [9.17, 15) is 13.9 Å². The van der Waals surface area contributed by atoms with Crippen LogP contribution in [-0.4, -0.2) is 55.2 Å². The molecule has 0 amide bonds. The van der Waals surface area contributed by atoms with E-state index in [-0.39, 0.29) is 5.56 Å². The fraction of sp³-hybridized carbons (Fsp3) is 0.625. The van der Waals surface area contributed by atoms with Gasteiger partial charge in [-0.25, -0.2) is 8.78 Å². The average Bonchev–Trinajstić information content (AvgIpc) is 2.43. The van der Waals surface area contributed by atoms with Crippen LogP contribution in [-0.2, 0) is 0 Å². The molecule has 1 saturated heterocycles. The van der Waals surface area contributed by atoms with E-state index in [1.165, 1.54) is 12.1 Å². The number of benzene rings is 1. The lowest BCUT2D eigenvalue weighted by Crippen LogP contribution is -2.39. The van der Waals surface area contributed by atoms with Crippen LogP contribution in [0, 0.1) is 17.6 Å². The summed E-state index contributed by atoms with van der Waals surface area (Å²) in [6.45, 7) is 3.23. The van der Waals surface area contributed by atoms with Crippen molar-refractivity contribution in [2.45, 2.75) is 18.9 Å². The molecule has 1 unspecified atom stereocenters. The van der Waals surface area contributed by atoms with Gasteiger partial charge in [-0.3, -0.25) is 0 Å². The maximum atomic E-state index is 13.7. The third-order valence-electron chi connectivity index (χ3n) is 4.10. The first-order chi connectivity index (χ1) is 9.97. The van der Waals surface area contributed by atoms with Gasteiger partial charge in [0.1, 0.15) is 0 Å². The molecule has 21 heavy (non-hydrogen) atoms. The predicted molar refractivity (Wildman–Crippen MR) is 79.0 cm³/mol. The third kappa shape index (κ3) is 4.46. The summed E-state index contributed by atoms with van der Waals surface area (Å²) in [6.07, 6.45) is 1.18. The lowest BCUT2D eigenvalue weighted by molar-refractivity contribution is 0.0822. The second-order valence-corrected chi connectivity index (χ2v) is 6.17. The number of hydrogen-bond acceptors (Lipinski definition) is 3. The number of aliphatic hydroxyl groups is 1. The molecule has 0 saturated carbocycles. The average molecular weight is 298 g/mol. The molecule has 1 aromatic rings. The topological polar surface area (TPSA) is 26.7 Å². The van der Waals surface area contributed by atoms with E-state index < -0.39 is 17.7 Å². The highest BCUT2D eigenvalue weighted by atomic mass is 19.2. The molecule has 2 rings (SSSR count). The molecule has 118 valence electrons. The number of aliphatic hydroxyl groups excluding tert-OH is 1. The van der Waals surface area contributed by atoms with Crippen molar-refractivity contribution < 1.29 is 13.9 Å². The molecule has 3 nitrogen and oxygen atoms in total. The summed E-state index contributed by atoms with van der Waals surface area (Å²) in [4.78, 5) is 4.32. The van der Waals surface area contributed by atoms with Crippen molar-refractivity contribution in [3.8, 4) is 0 Å². The van der Waals surface area contributed by atoms with E-state index >= 15 is 0 Å². The molecule has 1 atom stereocenters. The zero-order valence-electron chi connectivity index (χ0n) is 12.7. The quantitative estimate of drug-likeness (QED) is 0.903. The zero-order valence-corrected chi connectivity index (χ0v) is 12.7. The largest absolute Gasteiger partial charge is 0.387 e. The Hall–Kier alpha value is -1.04. The third-order valence-corrected chi connectivity index (χ3v) is 4.10. The number of halogens is 2. The van der Waals surface area contributed by atoms with Gasteiger partial charge in [0.25, 0.3) is 0 Å². The zero-order chi connectivity index (χ0) is 15.4. The molecule has 1 aliphatic heterocycles. The van der Waals surface area contributed by atoms with Crippen molar-refractivity contribution in [2.24, 2.45) is 5.92 Å². The molecule has 1 N–H and O–H groups in total. The lowest BCUT2D eigenvalue weighted by Gasteiger charge is -2.34. The van der Waals surface area contributed by atoms with Crippen LogP contribution in [0.15, 0.2) is 18.2 Å². The number of likely N-dealkylation sites (tertiary alicyclic amines) is 1. The summed E-state index contributed by atoms with van der Waals surface area (Å²) >= 11 is 0. The number of piperidine rings is 1. The second kappa shape index (κ2) is 7.29. The van der Waals surface area contributed by atoms with Crippen LogP contribution in [0.5, 0.6) is 0 Å². The van der Waals surface area contributed by atoms with Crippen LogP contribution >= 0.6 is 0 Å². The van der Waals surface area contributed by atoms with Gasteiger partial charge >= 0.3 is 0 Å². The summed E-state index contributed by atoms with van der Waals surface area (Å²) in [5.74, 6) is -1.16. The minimum atomic E-state index is -0.980. The van der Waals surface area contributed by atoms with Crippen molar-refractivity contribution >= 4 is 0 Å². The van der Waals surface area contributed by atoms with E-state index in [2.05, 4.69) is 23.9 Å². The van der Waals surface area contributed by atoms with Crippen LogP contribution in [0.2, 0.25) is 0 Å². The maximum Gasteiger partial charge on any atom is 0.164 e. The van der Waals surface area contributed by atoms with Crippen molar-refractivity contribution in [1.82, 2.24) is 9.80 Å². The van der Waals surface area contributed by atoms with E-state index in [4.69, 9.17) is 0 Å². The van der Waals surface area contributed by atoms with Crippen molar-refractivity contribution in [1.29, 1.82) is 0 Å². The molecule has 0 aromatic heterocycles. The van der Waals surface area contributed by atoms with Crippen LogP contribution in [0.3, 0.4) is 0 Å². The predicted octanol–water partition coefficient (Wildman–Crippen LogP) is 2.27. The van der Waals surface area contributed by atoms with Gasteiger partial charge in [0.2, 0.25) is 0 Å². The standard InChI is InChI=1S/C16H24F2N2O/c1-19(2)10-12-6-8-20(9-7-12)11-15(21)13-4-3-5-14(17)16(13)18/h3-5,12,15,21H,6-11H2,1-2H3. The minimum Gasteiger partial charge on any atom is -0.387 e. The number of rotatable bonds is 5. The monoisotopic (exact) mass is 298 g/mol.